The van der Waals surface area contributed by atoms with Crippen molar-refractivity contribution in [2.45, 2.75) is 90.6 Å². The maximum atomic E-state index is 12.6. The molecule has 170 valence electrons. The van der Waals surface area contributed by atoms with Crippen LogP contribution in [-0.4, -0.2) is 26.6 Å². The average Bonchev–Trinajstić information content (AvgIpc) is 2.75. The number of aliphatic hydroxyl groups excluding tert-OH is 1. The minimum absolute atomic E-state index is 0.219. The van der Waals surface area contributed by atoms with E-state index in [1.165, 1.54) is 0 Å². The van der Waals surface area contributed by atoms with Gasteiger partial charge in [-0.3, -0.25) is 0 Å². The molecule has 6 heteroatoms. The van der Waals surface area contributed by atoms with Crippen molar-refractivity contribution < 1.29 is 18.7 Å². The number of aliphatic hydroxyl groups is 1. The van der Waals surface area contributed by atoms with Crippen LogP contribution in [0.2, 0.25) is 18.1 Å². The lowest BCUT2D eigenvalue weighted by Gasteiger charge is -2.28. The lowest BCUT2D eigenvalue weighted by Crippen LogP contribution is -2.36. The highest BCUT2D eigenvalue weighted by atomic mass is 28.4. The van der Waals surface area contributed by atoms with Gasteiger partial charge in [0.2, 0.25) is 0 Å². The average molecular weight is 437 g/mol. The molecule has 1 aromatic heterocycles. The Morgan fingerprint density at radius 2 is 1.87 bits per heavy atom. The molecule has 1 N–H and O–H groups in total. The van der Waals surface area contributed by atoms with Crippen LogP contribution in [0.15, 0.2) is 39.6 Å². The van der Waals surface area contributed by atoms with Gasteiger partial charge in [-0.1, -0.05) is 51.5 Å². The van der Waals surface area contributed by atoms with E-state index in [1.807, 2.05) is 25.2 Å². The number of hydrogen-bond donors (Lipinski definition) is 1. The highest BCUT2D eigenvalue weighted by molar-refractivity contribution is 6.73. The van der Waals surface area contributed by atoms with E-state index in [9.17, 15) is 9.90 Å². The summed E-state index contributed by atoms with van der Waals surface area (Å²) >= 11 is 0. The molecule has 1 atom stereocenters. The van der Waals surface area contributed by atoms with Gasteiger partial charge in [0.05, 0.1) is 19.8 Å². The molecule has 0 saturated carbocycles. The fourth-order valence-corrected chi connectivity index (χ4v) is 6.06. The summed E-state index contributed by atoms with van der Waals surface area (Å²) in [7, 11) is -0.267. The van der Waals surface area contributed by atoms with E-state index < -0.39 is 20.0 Å². The Labute approximate surface area is 182 Å². The summed E-state index contributed by atoms with van der Waals surface area (Å²) in [6.07, 6.45) is 11.5. The van der Waals surface area contributed by atoms with Crippen molar-refractivity contribution in [3.63, 3.8) is 0 Å². The summed E-state index contributed by atoms with van der Waals surface area (Å²) in [5.41, 5.74) is -0.00671. The first kappa shape index (κ1) is 26.4. The van der Waals surface area contributed by atoms with Crippen LogP contribution >= 0.6 is 0 Å². The molecule has 1 heterocycles. The maximum absolute atomic E-state index is 12.6. The van der Waals surface area contributed by atoms with Crippen molar-refractivity contribution in [3.8, 4) is 5.75 Å². The van der Waals surface area contributed by atoms with Crippen LogP contribution in [0.3, 0.4) is 0 Å². The summed E-state index contributed by atoms with van der Waals surface area (Å²) in [4.78, 5) is 12.6. The van der Waals surface area contributed by atoms with E-state index in [0.29, 0.717) is 29.9 Å². The molecule has 0 radical (unpaired) electrons. The zero-order valence-corrected chi connectivity index (χ0v) is 20.4. The highest BCUT2D eigenvalue weighted by Gasteiger charge is 2.29. The molecule has 0 aromatic carbocycles. The van der Waals surface area contributed by atoms with E-state index in [0.717, 1.165) is 37.4 Å². The van der Waals surface area contributed by atoms with Gasteiger partial charge in [-0.15, -0.1) is 0 Å². The van der Waals surface area contributed by atoms with Gasteiger partial charge in [0, 0.05) is 12.5 Å². The fourth-order valence-electron chi connectivity index (χ4n) is 3.50. The van der Waals surface area contributed by atoms with Gasteiger partial charge in [0.1, 0.15) is 17.1 Å². The maximum Gasteiger partial charge on any atom is 0.345 e. The van der Waals surface area contributed by atoms with Crippen LogP contribution in [0.5, 0.6) is 5.75 Å². The number of unbranched alkanes of at least 4 members (excludes halogenated alkanes) is 2. The molecule has 0 saturated heterocycles. The quantitative estimate of drug-likeness (QED) is 0.215. The molecule has 0 amide bonds. The fraction of sp³-hybridized carbons (Fsp3) is 0.625. The van der Waals surface area contributed by atoms with Crippen molar-refractivity contribution in [3.05, 3.63) is 52.1 Å². The van der Waals surface area contributed by atoms with Crippen LogP contribution in [0, 0.1) is 0 Å². The Balaban J connectivity index is 2.69. The molecular formula is C24H40O5Si. The van der Waals surface area contributed by atoms with E-state index >= 15 is 0 Å². The first-order chi connectivity index (χ1) is 14.4. The molecule has 0 aliphatic heterocycles. The Kier molecular flexibility index (Phi) is 12.7. The second kappa shape index (κ2) is 14.4. The van der Waals surface area contributed by atoms with Gasteiger partial charge in [0.15, 0.2) is 8.32 Å². The molecule has 0 fully saturated rings. The van der Waals surface area contributed by atoms with E-state index in [2.05, 4.69) is 26.8 Å². The van der Waals surface area contributed by atoms with Gasteiger partial charge in [-0.2, -0.15) is 0 Å². The van der Waals surface area contributed by atoms with Crippen LogP contribution in [0.1, 0.15) is 64.7 Å². The molecule has 5 nitrogen and oxygen atoms in total. The van der Waals surface area contributed by atoms with Gasteiger partial charge < -0.3 is 18.7 Å². The zero-order chi connectivity index (χ0) is 22.4. The molecule has 1 aromatic rings. The molecule has 0 aliphatic carbocycles. The Morgan fingerprint density at radius 3 is 2.47 bits per heavy atom. The van der Waals surface area contributed by atoms with Crippen molar-refractivity contribution in [1.82, 2.24) is 0 Å². The molecule has 0 bridgehead atoms. The number of rotatable bonds is 15. The van der Waals surface area contributed by atoms with Crippen LogP contribution < -0.4 is 10.4 Å². The van der Waals surface area contributed by atoms with Gasteiger partial charge in [-0.05, 0) is 44.3 Å². The summed E-state index contributed by atoms with van der Waals surface area (Å²) in [5, 5.41) is 10.3. The zero-order valence-electron chi connectivity index (χ0n) is 19.4. The van der Waals surface area contributed by atoms with Crippen LogP contribution in [0.25, 0.3) is 0 Å². The molecule has 30 heavy (non-hydrogen) atoms. The summed E-state index contributed by atoms with van der Waals surface area (Å²) in [6.45, 7) is 8.67. The molecule has 1 unspecified atom stereocenters. The van der Waals surface area contributed by atoms with Crippen molar-refractivity contribution in [1.29, 1.82) is 0 Å². The Morgan fingerprint density at radius 1 is 1.17 bits per heavy atom. The molecular weight excluding hydrogens is 396 g/mol. The molecule has 1 rings (SSSR count). The van der Waals surface area contributed by atoms with Gasteiger partial charge in [0.25, 0.3) is 0 Å². The monoisotopic (exact) mass is 436 g/mol. The van der Waals surface area contributed by atoms with Crippen molar-refractivity contribution in [2.75, 3.05) is 7.11 Å². The summed E-state index contributed by atoms with van der Waals surface area (Å²) in [6, 6.07) is 4.77. The Bertz CT molecular complexity index is 711. The largest absolute Gasteiger partial charge is 0.496 e. The minimum atomic E-state index is -1.81. The van der Waals surface area contributed by atoms with Crippen LogP contribution in [-0.2, 0) is 17.5 Å². The number of hydrogen-bond acceptors (Lipinski definition) is 5. The predicted octanol–water partition coefficient (Wildman–Crippen LogP) is 5.77. The van der Waals surface area contributed by atoms with Crippen molar-refractivity contribution in [2.24, 2.45) is 0 Å². The third-order valence-electron chi connectivity index (χ3n) is 5.77. The topological polar surface area (TPSA) is 68.9 Å². The van der Waals surface area contributed by atoms with E-state index in [4.69, 9.17) is 13.6 Å². The van der Waals surface area contributed by atoms with Gasteiger partial charge in [-0.25, -0.2) is 4.79 Å². The minimum Gasteiger partial charge on any atom is -0.496 e. The molecule has 0 spiro atoms. The smallest absolute Gasteiger partial charge is 0.345 e. The van der Waals surface area contributed by atoms with Crippen LogP contribution in [0.4, 0.5) is 0 Å². The summed E-state index contributed by atoms with van der Waals surface area (Å²) in [5.74, 6) is 0.930. The number of allylic oxidation sites excluding steroid dienone is 4. The first-order valence-electron chi connectivity index (χ1n) is 11.2. The SMILES string of the molecule is C/C=C/C=C/CCCCC(O)Cc1cc(OC)c(CO[Si](CC)(CC)CC)c(=O)o1. The van der Waals surface area contributed by atoms with E-state index in [-0.39, 0.29) is 6.61 Å². The highest BCUT2D eigenvalue weighted by Crippen LogP contribution is 2.26. The standard InChI is InChI=1S/C24H40O5Si/c1-6-10-11-12-13-14-15-16-20(25)17-21-18-23(27-5)22(24(26)29-21)19-28-30(7-2,8-3)9-4/h6,10-12,18,20,25H,7-9,13-17,19H2,1-5H3/b10-6+,12-11+. The normalized spacial score (nSPS) is 13.4. The van der Waals surface area contributed by atoms with Crippen molar-refractivity contribution >= 4 is 8.32 Å². The Hall–Kier alpha value is -1.63. The third-order valence-corrected chi connectivity index (χ3v) is 10.4. The number of methoxy groups -OCH3 is 1. The summed E-state index contributed by atoms with van der Waals surface area (Å²) < 4.78 is 17.2. The second-order valence-corrected chi connectivity index (χ2v) is 12.5. The predicted molar refractivity (Wildman–Crippen MR) is 126 cm³/mol. The third kappa shape index (κ3) is 8.62. The number of ether oxygens (including phenoxy) is 1. The first-order valence-corrected chi connectivity index (χ1v) is 13.8. The molecule has 0 aliphatic rings. The van der Waals surface area contributed by atoms with Gasteiger partial charge >= 0.3 is 5.63 Å². The lowest BCUT2D eigenvalue weighted by atomic mass is 10.1. The van der Waals surface area contributed by atoms with E-state index in [1.54, 1.807) is 13.2 Å². The second-order valence-electron chi connectivity index (χ2n) is 7.68. The lowest BCUT2D eigenvalue weighted by molar-refractivity contribution is 0.152.